The summed E-state index contributed by atoms with van der Waals surface area (Å²) in [5, 5.41) is 4.24. The lowest BCUT2D eigenvalue weighted by atomic mass is 9.96. The number of nitrogens with one attached hydrogen (secondary N) is 2. The van der Waals surface area contributed by atoms with Gasteiger partial charge in [-0.3, -0.25) is 9.69 Å². The van der Waals surface area contributed by atoms with E-state index < -0.39 is 0 Å². The Kier molecular flexibility index (Phi) is 6.85. The number of H-pyrrole nitrogens is 1. The van der Waals surface area contributed by atoms with Crippen molar-refractivity contribution in [2.24, 2.45) is 0 Å². The first-order chi connectivity index (χ1) is 18.1. The normalized spacial score (nSPS) is 16.0. The predicted octanol–water partition coefficient (Wildman–Crippen LogP) is 5.72. The van der Waals surface area contributed by atoms with Crippen LogP contribution in [0.15, 0.2) is 59.2 Å². The van der Waals surface area contributed by atoms with Gasteiger partial charge in [0.05, 0.1) is 11.8 Å². The maximum Gasteiger partial charge on any atom is 0.252 e. The van der Waals surface area contributed by atoms with Crippen LogP contribution in [0.1, 0.15) is 58.5 Å². The van der Waals surface area contributed by atoms with Gasteiger partial charge in [-0.05, 0) is 99.0 Å². The second-order valence-corrected chi connectivity index (χ2v) is 10.7. The van der Waals surface area contributed by atoms with E-state index >= 15 is 0 Å². The van der Waals surface area contributed by atoms with Crippen LogP contribution < -0.4 is 5.32 Å². The molecule has 0 saturated carbocycles. The van der Waals surface area contributed by atoms with Crippen molar-refractivity contribution in [2.75, 3.05) is 26.7 Å². The van der Waals surface area contributed by atoms with Crippen molar-refractivity contribution in [3.05, 3.63) is 82.8 Å². The number of carbonyl (C=O) groups is 1. The summed E-state index contributed by atoms with van der Waals surface area (Å²) in [5.41, 5.74) is 7.62. The number of hydrogen-bond donors (Lipinski definition) is 2. The molecule has 2 N–H and O–H groups in total. The Morgan fingerprint density at radius 2 is 1.92 bits per heavy atom. The van der Waals surface area contributed by atoms with Crippen LogP contribution in [0.5, 0.6) is 0 Å². The number of fused-ring (bicyclic) bond motifs is 2. The third kappa shape index (κ3) is 5.36. The zero-order chi connectivity index (χ0) is 25.2. The largest absolute Gasteiger partial charge is 0.469 e. The number of aromatic amines is 1. The number of rotatable bonds is 9. The van der Waals surface area contributed by atoms with Gasteiger partial charge in [-0.25, -0.2) is 0 Å². The van der Waals surface area contributed by atoms with E-state index in [1.807, 2.05) is 12.1 Å². The number of hydrogen-bond acceptors (Lipinski definition) is 4. The molecular weight excluding hydrogens is 460 g/mol. The molecule has 0 spiro atoms. The third-order valence-corrected chi connectivity index (χ3v) is 7.77. The molecule has 37 heavy (non-hydrogen) atoms. The van der Waals surface area contributed by atoms with Crippen LogP contribution in [-0.2, 0) is 26.1 Å². The number of aryl methyl sites for hydroxylation is 1. The average Bonchev–Trinajstić information content (AvgIpc) is 3.65. The van der Waals surface area contributed by atoms with Gasteiger partial charge >= 0.3 is 0 Å². The van der Waals surface area contributed by atoms with E-state index in [1.54, 1.807) is 6.26 Å². The molecule has 0 radical (unpaired) electrons. The number of likely N-dealkylation sites (tertiary alicyclic amines) is 1. The second-order valence-electron chi connectivity index (χ2n) is 10.7. The van der Waals surface area contributed by atoms with Crippen LogP contribution in [0.3, 0.4) is 0 Å². The highest BCUT2D eigenvalue weighted by Crippen LogP contribution is 2.33. The molecule has 0 aliphatic carbocycles. The fourth-order valence-corrected chi connectivity index (χ4v) is 5.91. The zero-order valence-electron chi connectivity index (χ0n) is 21.7. The Morgan fingerprint density at radius 3 is 2.76 bits per heavy atom. The summed E-state index contributed by atoms with van der Waals surface area (Å²) in [4.78, 5) is 21.3. The molecule has 1 saturated heterocycles. The van der Waals surface area contributed by atoms with Crippen LogP contribution in [0.25, 0.3) is 22.2 Å². The smallest absolute Gasteiger partial charge is 0.252 e. The van der Waals surface area contributed by atoms with E-state index in [0.717, 1.165) is 66.1 Å². The van der Waals surface area contributed by atoms with Gasteiger partial charge in [0.2, 0.25) is 0 Å². The van der Waals surface area contributed by atoms with Gasteiger partial charge in [0.15, 0.2) is 0 Å². The molecule has 2 aromatic heterocycles. The van der Waals surface area contributed by atoms with E-state index in [0.29, 0.717) is 6.54 Å². The standard InChI is InChI=1S/C31H36N4O2/c1-34(11-5-7-26-8-6-14-37-26)20-23-16-25-19-32-31(36)30(25)27(17-23)29-18-24-15-22(9-10-28(24)33-29)21-35-12-3-2-4-13-35/h6,8-10,14-18,33H,2-5,7,11-13,19-21H2,1H3,(H,32,36). The van der Waals surface area contributed by atoms with E-state index in [9.17, 15) is 4.79 Å². The number of furan rings is 1. The van der Waals surface area contributed by atoms with Crippen molar-refractivity contribution in [1.29, 1.82) is 0 Å². The maximum absolute atomic E-state index is 12.8. The van der Waals surface area contributed by atoms with E-state index in [-0.39, 0.29) is 5.91 Å². The highest BCUT2D eigenvalue weighted by atomic mass is 16.3. The Hall–Kier alpha value is -3.35. The summed E-state index contributed by atoms with van der Waals surface area (Å²) in [6.45, 7) is 5.82. The minimum Gasteiger partial charge on any atom is -0.469 e. The first kappa shape index (κ1) is 24.0. The molecule has 6 nitrogen and oxygen atoms in total. The first-order valence-electron chi connectivity index (χ1n) is 13.6. The van der Waals surface area contributed by atoms with Crippen molar-refractivity contribution < 1.29 is 9.21 Å². The van der Waals surface area contributed by atoms with Crippen molar-refractivity contribution in [1.82, 2.24) is 20.1 Å². The molecule has 6 heteroatoms. The average molecular weight is 497 g/mol. The lowest BCUT2D eigenvalue weighted by Crippen LogP contribution is -2.28. The topological polar surface area (TPSA) is 64.5 Å². The maximum atomic E-state index is 12.8. The molecule has 2 aromatic carbocycles. The summed E-state index contributed by atoms with van der Waals surface area (Å²) >= 11 is 0. The van der Waals surface area contributed by atoms with Crippen LogP contribution in [0.2, 0.25) is 0 Å². The van der Waals surface area contributed by atoms with E-state index in [2.05, 4.69) is 63.5 Å². The molecule has 4 aromatic rings. The summed E-state index contributed by atoms with van der Waals surface area (Å²) in [7, 11) is 2.16. The molecule has 0 unspecified atom stereocenters. The number of nitrogens with zero attached hydrogens (tertiary/aromatic N) is 2. The van der Waals surface area contributed by atoms with Crippen LogP contribution >= 0.6 is 0 Å². The van der Waals surface area contributed by atoms with Crippen LogP contribution in [-0.4, -0.2) is 47.4 Å². The Labute approximate surface area is 218 Å². The highest BCUT2D eigenvalue weighted by Gasteiger charge is 2.25. The van der Waals surface area contributed by atoms with Gasteiger partial charge in [0, 0.05) is 48.2 Å². The van der Waals surface area contributed by atoms with Gasteiger partial charge < -0.3 is 19.6 Å². The van der Waals surface area contributed by atoms with Gasteiger partial charge in [-0.1, -0.05) is 18.6 Å². The van der Waals surface area contributed by atoms with Crippen LogP contribution in [0, 0.1) is 0 Å². The van der Waals surface area contributed by atoms with Crippen LogP contribution in [0.4, 0.5) is 0 Å². The van der Waals surface area contributed by atoms with Gasteiger partial charge in [-0.15, -0.1) is 0 Å². The summed E-state index contributed by atoms with van der Waals surface area (Å²) in [6.07, 6.45) is 7.69. The molecule has 1 amide bonds. The summed E-state index contributed by atoms with van der Waals surface area (Å²) in [6, 6.07) is 17.3. The highest BCUT2D eigenvalue weighted by molar-refractivity contribution is 6.05. The van der Waals surface area contributed by atoms with Gasteiger partial charge in [0.25, 0.3) is 5.91 Å². The van der Waals surface area contributed by atoms with E-state index in [1.165, 1.54) is 48.9 Å². The van der Waals surface area contributed by atoms with Crippen molar-refractivity contribution >= 4 is 16.8 Å². The molecule has 2 aliphatic heterocycles. The number of aromatic nitrogens is 1. The minimum atomic E-state index is 0.0211. The Balaban J connectivity index is 1.23. The number of amides is 1. The molecule has 192 valence electrons. The number of carbonyl (C=O) groups excluding carboxylic acids is 1. The van der Waals surface area contributed by atoms with Gasteiger partial charge in [0.1, 0.15) is 5.76 Å². The molecule has 6 rings (SSSR count). The zero-order valence-corrected chi connectivity index (χ0v) is 21.7. The Bertz CT molecular complexity index is 1380. The fraction of sp³-hybridized carbons (Fsp3) is 0.387. The lowest BCUT2D eigenvalue weighted by Gasteiger charge is -2.26. The Morgan fingerprint density at radius 1 is 1.03 bits per heavy atom. The first-order valence-corrected chi connectivity index (χ1v) is 13.6. The predicted molar refractivity (Wildman–Crippen MR) is 147 cm³/mol. The summed E-state index contributed by atoms with van der Waals surface area (Å²) < 4.78 is 5.47. The molecule has 0 bridgehead atoms. The van der Waals surface area contributed by atoms with E-state index in [4.69, 9.17) is 4.42 Å². The molecular formula is C31H36N4O2. The molecule has 1 fully saturated rings. The third-order valence-electron chi connectivity index (χ3n) is 7.77. The monoisotopic (exact) mass is 496 g/mol. The SMILES string of the molecule is CN(CCCc1ccco1)Cc1cc2c(c(-c3cc4cc(CN5CCCCC5)ccc4[nH]3)c1)C(=O)NC2. The second kappa shape index (κ2) is 10.6. The molecule has 0 atom stereocenters. The summed E-state index contributed by atoms with van der Waals surface area (Å²) in [5.74, 6) is 1.06. The van der Waals surface area contributed by atoms with Crippen molar-refractivity contribution in [3.63, 3.8) is 0 Å². The quantitative estimate of drug-likeness (QED) is 0.311. The van der Waals surface area contributed by atoms with Crippen molar-refractivity contribution in [3.8, 4) is 11.3 Å². The van der Waals surface area contributed by atoms with Crippen molar-refractivity contribution in [2.45, 2.75) is 51.7 Å². The lowest BCUT2D eigenvalue weighted by molar-refractivity contribution is 0.0966. The fourth-order valence-electron chi connectivity index (χ4n) is 5.91. The number of piperidine rings is 1. The molecule has 2 aliphatic rings. The minimum absolute atomic E-state index is 0.0211. The molecule has 4 heterocycles. The number of benzene rings is 2. The van der Waals surface area contributed by atoms with Gasteiger partial charge in [-0.2, -0.15) is 0 Å².